The smallest absolute Gasteiger partial charge is 0.160 e. The van der Waals surface area contributed by atoms with Gasteiger partial charge in [-0.25, -0.2) is 0 Å². The van der Waals surface area contributed by atoms with Gasteiger partial charge in [-0.15, -0.1) is 0 Å². The lowest BCUT2D eigenvalue weighted by atomic mass is 9.53. The van der Waals surface area contributed by atoms with Crippen LogP contribution in [0.3, 0.4) is 0 Å². The maximum absolute atomic E-state index is 10.1. The highest BCUT2D eigenvalue weighted by molar-refractivity contribution is 5.49. The van der Waals surface area contributed by atoms with Gasteiger partial charge in [-0.1, -0.05) is 13.8 Å². The Morgan fingerprint density at radius 2 is 2.04 bits per heavy atom. The Kier molecular flexibility index (Phi) is 4.26. The van der Waals surface area contributed by atoms with Crippen LogP contribution in [0.1, 0.15) is 63.0 Å². The first-order chi connectivity index (χ1) is 12.0. The van der Waals surface area contributed by atoms with Crippen molar-refractivity contribution in [3.05, 3.63) is 23.3 Å². The lowest BCUT2D eigenvalue weighted by molar-refractivity contribution is 0.00152. The van der Waals surface area contributed by atoms with E-state index in [-0.39, 0.29) is 5.75 Å². The van der Waals surface area contributed by atoms with Crippen LogP contribution in [0.15, 0.2) is 12.1 Å². The average molecular weight is 344 g/mol. The number of phenols is 1. The van der Waals surface area contributed by atoms with Crippen molar-refractivity contribution < 1.29 is 14.9 Å². The van der Waals surface area contributed by atoms with Crippen LogP contribution in [0.2, 0.25) is 0 Å². The van der Waals surface area contributed by atoms with Crippen molar-refractivity contribution in [1.29, 1.82) is 0 Å². The predicted molar refractivity (Wildman–Crippen MR) is 99.0 cm³/mol. The molecule has 0 bridgehead atoms. The molecule has 3 aliphatic carbocycles. The molecule has 2 saturated carbocycles. The molecule has 0 spiro atoms. The Morgan fingerprint density at radius 1 is 1.24 bits per heavy atom. The summed E-state index contributed by atoms with van der Waals surface area (Å²) in [6, 6.07) is 4.04. The predicted octanol–water partition coefficient (Wildman–Crippen LogP) is 4.50. The highest BCUT2D eigenvalue weighted by Gasteiger charge is 2.55. The van der Waals surface area contributed by atoms with Gasteiger partial charge in [0, 0.05) is 6.61 Å². The molecule has 3 heteroatoms. The molecule has 0 aliphatic heterocycles. The van der Waals surface area contributed by atoms with E-state index in [1.807, 2.05) is 6.07 Å². The third kappa shape index (κ3) is 2.50. The van der Waals surface area contributed by atoms with Gasteiger partial charge in [0.05, 0.1) is 7.11 Å². The van der Waals surface area contributed by atoms with Crippen LogP contribution >= 0.6 is 0 Å². The number of ether oxygens (including phenoxy) is 1. The Balaban J connectivity index is 1.66. The van der Waals surface area contributed by atoms with Gasteiger partial charge in [-0.05, 0) is 96.8 Å². The molecule has 138 valence electrons. The van der Waals surface area contributed by atoms with Gasteiger partial charge in [-0.2, -0.15) is 0 Å². The van der Waals surface area contributed by atoms with Gasteiger partial charge in [0.15, 0.2) is 11.5 Å². The topological polar surface area (TPSA) is 49.7 Å². The third-order valence-corrected chi connectivity index (χ3v) is 8.07. The van der Waals surface area contributed by atoms with Gasteiger partial charge in [0.2, 0.25) is 0 Å². The maximum atomic E-state index is 10.1. The van der Waals surface area contributed by atoms with E-state index in [4.69, 9.17) is 4.74 Å². The molecule has 0 aromatic heterocycles. The van der Waals surface area contributed by atoms with Crippen LogP contribution in [0, 0.1) is 29.1 Å². The fourth-order valence-corrected chi connectivity index (χ4v) is 6.85. The number of aromatic hydroxyl groups is 1. The lowest BCUT2D eigenvalue weighted by Crippen LogP contribution is -2.43. The summed E-state index contributed by atoms with van der Waals surface area (Å²) in [5, 5.41) is 19.8. The maximum Gasteiger partial charge on any atom is 0.160 e. The number of aryl methyl sites for hydroxylation is 1. The van der Waals surface area contributed by atoms with Crippen molar-refractivity contribution in [2.75, 3.05) is 13.7 Å². The molecule has 0 unspecified atom stereocenters. The van der Waals surface area contributed by atoms with Gasteiger partial charge in [-0.3, -0.25) is 0 Å². The number of hydrogen-bond acceptors (Lipinski definition) is 3. The van der Waals surface area contributed by atoms with Crippen molar-refractivity contribution in [1.82, 2.24) is 0 Å². The van der Waals surface area contributed by atoms with E-state index >= 15 is 0 Å². The van der Waals surface area contributed by atoms with Crippen LogP contribution < -0.4 is 4.74 Å². The average Bonchev–Trinajstić information content (AvgIpc) is 2.97. The summed E-state index contributed by atoms with van der Waals surface area (Å²) < 4.78 is 5.38. The van der Waals surface area contributed by atoms with Crippen LogP contribution in [-0.2, 0) is 6.42 Å². The Bertz CT molecular complexity index is 655. The number of aliphatic hydroxyl groups excluding tert-OH is 1. The number of aliphatic hydroxyl groups is 1. The summed E-state index contributed by atoms with van der Waals surface area (Å²) in [6.07, 6.45) is 7.39. The second-order valence-corrected chi connectivity index (χ2v) is 9.03. The largest absolute Gasteiger partial charge is 0.504 e. The zero-order valence-electron chi connectivity index (χ0n) is 15.8. The Labute approximate surface area is 151 Å². The molecular formula is C22H32O3. The number of methoxy groups -OCH3 is 1. The minimum absolute atomic E-state index is 0.276. The van der Waals surface area contributed by atoms with E-state index in [1.165, 1.54) is 43.2 Å². The van der Waals surface area contributed by atoms with E-state index in [1.54, 1.807) is 7.11 Å². The number of fused-ring (bicyclic) bond motifs is 5. The Morgan fingerprint density at radius 3 is 2.76 bits per heavy atom. The summed E-state index contributed by atoms with van der Waals surface area (Å²) in [4.78, 5) is 0. The minimum Gasteiger partial charge on any atom is -0.504 e. The van der Waals surface area contributed by atoms with Gasteiger partial charge in [0.25, 0.3) is 0 Å². The number of phenolic OH excluding ortho intramolecular Hbond substituents is 1. The molecule has 1 aromatic carbocycles. The van der Waals surface area contributed by atoms with Crippen molar-refractivity contribution >= 4 is 0 Å². The zero-order valence-corrected chi connectivity index (χ0v) is 15.8. The van der Waals surface area contributed by atoms with Crippen molar-refractivity contribution in [2.24, 2.45) is 29.1 Å². The lowest BCUT2D eigenvalue weighted by Gasteiger charge is -2.52. The van der Waals surface area contributed by atoms with Crippen LogP contribution in [0.25, 0.3) is 0 Å². The van der Waals surface area contributed by atoms with E-state index in [0.29, 0.717) is 35.5 Å². The van der Waals surface area contributed by atoms with Crippen LogP contribution in [-0.4, -0.2) is 23.9 Å². The van der Waals surface area contributed by atoms with E-state index < -0.39 is 0 Å². The fraction of sp³-hybridized carbons (Fsp3) is 0.727. The highest BCUT2D eigenvalue weighted by Crippen LogP contribution is 2.64. The monoisotopic (exact) mass is 344 g/mol. The molecule has 4 rings (SSSR count). The Hall–Kier alpha value is -1.22. The molecule has 0 heterocycles. The quantitative estimate of drug-likeness (QED) is 0.849. The zero-order chi connectivity index (χ0) is 17.8. The standard InChI is InChI=1S/C22H32O3/c1-13(12-23)18-6-7-19-16-5-4-14-10-20(24)21(25-3)11-17(14)15(16)8-9-22(18,19)2/h10-11,13,15-16,18-19,23-24H,4-9,12H2,1-3H3/t13-,15+,16-,18-,19+,22-/m1/s1. The number of hydrogen-bond donors (Lipinski definition) is 2. The van der Waals surface area contributed by atoms with Crippen LogP contribution in [0.4, 0.5) is 0 Å². The van der Waals surface area contributed by atoms with Crippen molar-refractivity contribution in [3.8, 4) is 11.5 Å². The second-order valence-electron chi connectivity index (χ2n) is 9.03. The molecule has 1 aromatic rings. The molecule has 0 radical (unpaired) electrons. The van der Waals surface area contributed by atoms with Crippen LogP contribution in [0.5, 0.6) is 11.5 Å². The molecule has 25 heavy (non-hydrogen) atoms. The molecule has 0 amide bonds. The van der Waals surface area contributed by atoms with E-state index in [0.717, 1.165) is 18.3 Å². The molecule has 3 aliphatic rings. The van der Waals surface area contributed by atoms with Crippen molar-refractivity contribution in [2.45, 2.75) is 58.3 Å². The number of benzene rings is 1. The molecule has 6 atom stereocenters. The third-order valence-electron chi connectivity index (χ3n) is 8.07. The van der Waals surface area contributed by atoms with Crippen molar-refractivity contribution in [3.63, 3.8) is 0 Å². The normalized spacial score (nSPS) is 37.8. The van der Waals surface area contributed by atoms with Gasteiger partial charge >= 0.3 is 0 Å². The summed E-state index contributed by atoms with van der Waals surface area (Å²) in [7, 11) is 1.64. The first-order valence-corrected chi connectivity index (χ1v) is 10.00. The highest BCUT2D eigenvalue weighted by atomic mass is 16.5. The summed E-state index contributed by atoms with van der Waals surface area (Å²) in [5.74, 6) is 4.11. The molecule has 2 N–H and O–H groups in total. The first kappa shape index (κ1) is 17.2. The first-order valence-electron chi connectivity index (χ1n) is 10.00. The fourth-order valence-electron chi connectivity index (χ4n) is 6.85. The molecule has 2 fully saturated rings. The van der Waals surface area contributed by atoms with E-state index in [2.05, 4.69) is 19.9 Å². The van der Waals surface area contributed by atoms with E-state index in [9.17, 15) is 10.2 Å². The summed E-state index contributed by atoms with van der Waals surface area (Å²) >= 11 is 0. The SMILES string of the molecule is COc1cc2c(cc1O)CC[C@@H]1[C@@H]2CC[C@]2(C)[C@@H]([C@H](C)CO)CC[C@@H]12. The second kappa shape index (κ2) is 6.19. The summed E-state index contributed by atoms with van der Waals surface area (Å²) in [5.41, 5.74) is 3.13. The van der Waals surface area contributed by atoms with Gasteiger partial charge < -0.3 is 14.9 Å². The summed E-state index contributed by atoms with van der Waals surface area (Å²) in [6.45, 7) is 5.05. The molecule has 3 nitrogen and oxygen atoms in total. The minimum atomic E-state index is 0.276. The molecular weight excluding hydrogens is 312 g/mol. The van der Waals surface area contributed by atoms with Gasteiger partial charge in [0.1, 0.15) is 0 Å². The molecule has 0 saturated heterocycles. The number of rotatable bonds is 3.